The summed E-state index contributed by atoms with van der Waals surface area (Å²) in [6.07, 6.45) is 8.36. The molecule has 1 fully saturated rings. The Morgan fingerprint density at radius 3 is 2.84 bits per heavy atom. The average Bonchev–Trinajstić information content (AvgIpc) is 3.06. The molecule has 0 spiro atoms. The van der Waals surface area contributed by atoms with Crippen LogP contribution in [0.1, 0.15) is 57.7 Å². The van der Waals surface area contributed by atoms with Crippen LogP contribution in [0.15, 0.2) is 12.3 Å². The Labute approximate surface area is 116 Å². The fourth-order valence-electron chi connectivity index (χ4n) is 2.93. The molecule has 0 aromatic carbocycles. The lowest BCUT2D eigenvalue weighted by molar-refractivity contribution is 0.107. The molecule has 2 rings (SSSR count). The number of methoxy groups -OCH3 is 1. The van der Waals surface area contributed by atoms with Crippen LogP contribution in [0, 0.1) is 0 Å². The predicted molar refractivity (Wildman–Crippen MR) is 77.1 cm³/mol. The minimum absolute atomic E-state index is 0.444. The number of nitrogens with zero attached hydrogens (tertiary/aromatic N) is 2. The maximum absolute atomic E-state index is 5.40. The number of rotatable bonds is 7. The topological polar surface area (TPSA) is 39.1 Å². The fourth-order valence-corrected chi connectivity index (χ4v) is 2.93. The lowest BCUT2D eigenvalue weighted by Gasteiger charge is -2.13. The summed E-state index contributed by atoms with van der Waals surface area (Å²) in [5.41, 5.74) is 1.15. The van der Waals surface area contributed by atoms with E-state index in [0.29, 0.717) is 18.2 Å². The van der Waals surface area contributed by atoms with Crippen LogP contribution in [0.2, 0.25) is 0 Å². The van der Waals surface area contributed by atoms with E-state index in [9.17, 15) is 0 Å². The maximum atomic E-state index is 5.40. The molecule has 4 heteroatoms. The zero-order valence-corrected chi connectivity index (χ0v) is 12.4. The maximum Gasteiger partial charge on any atom is 0.0762 e. The highest BCUT2D eigenvalue weighted by atomic mass is 16.5. The van der Waals surface area contributed by atoms with Crippen molar-refractivity contribution in [3.63, 3.8) is 0 Å². The first kappa shape index (κ1) is 14.5. The highest BCUT2D eigenvalue weighted by Crippen LogP contribution is 2.21. The Kier molecular flexibility index (Phi) is 5.40. The van der Waals surface area contributed by atoms with Gasteiger partial charge in [0, 0.05) is 25.9 Å². The molecular formula is C15H27N3O. The molecule has 108 valence electrons. The van der Waals surface area contributed by atoms with Crippen LogP contribution >= 0.6 is 0 Å². The van der Waals surface area contributed by atoms with E-state index >= 15 is 0 Å². The lowest BCUT2D eigenvalue weighted by atomic mass is 10.2. The second kappa shape index (κ2) is 7.06. The Hall–Kier alpha value is -0.870. The van der Waals surface area contributed by atoms with Gasteiger partial charge in [-0.05, 0) is 38.2 Å². The molecule has 4 nitrogen and oxygen atoms in total. The van der Waals surface area contributed by atoms with E-state index in [1.807, 2.05) is 7.11 Å². The van der Waals surface area contributed by atoms with Crippen LogP contribution in [0.25, 0.3) is 0 Å². The van der Waals surface area contributed by atoms with E-state index in [4.69, 9.17) is 4.74 Å². The Morgan fingerprint density at radius 1 is 1.42 bits per heavy atom. The van der Waals surface area contributed by atoms with Gasteiger partial charge in [-0.2, -0.15) is 5.10 Å². The average molecular weight is 265 g/mol. The first-order chi connectivity index (χ1) is 9.26. The minimum atomic E-state index is 0.444. The van der Waals surface area contributed by atoms with Crippen molar-refractivity contribution < 1.29 is 4.74 Å². The standard InChI is InChI=1S/C15H27N3O/c1-4-14(5-2)18-9-8-13(17-18)11-16-12-6-7-15(10-12)19-3/h8-9,12,14-16H,4-7,10-11H2,1-3H3. The van der Waals surface area contributed by atoms with Gasteiger partial charge >= 0.3 is 0 Å². The lowest BCUT2D eigenvalue weighted by Crippen LogP contribution is -2.27. The molecular weight excluding hydrogens is 238 g/mol. The van der Waals surface area contributed by atoms with Crippen molar-refractivity contribution in [2.24, 2.45) is 0 Å². The van der Waals surface area contributed by atoms with Gasteiger partial charge in [0.25, 0.3) is 0 Å². The van der Waals surface area contributed by atoms with Gasteiger partial charge in [0.2, 0.25) is 0 Å². The van der Waals surface area contributed by atoms with Crippen LogP contribution in [-0.4, -0.2) is 29.0 Å². The van der Waals surface area contributed by atoms with Crippen molar-refractivity contribution in [3.8, 4) is 0 Å². The quantitative estimate of drug-likeness (QED) is 0.824. The second-order valence-electron chi connectivity index (χ2n) is 5.51. The first-order valence-electron chi connectivity index (χ1n) is 7.57. The van der Waals surface area contributed by atoms with Crippen molar-refractivity contribution in [2.75, 3.05) is 7.11 Å². The molecule has 0 saturated heterocycles. The highest BCUT2D eigenvalue weighted by Gasteiger charge is 2.23. The molecule has 1 aliphatic carbocycles. The summed E-state index contributed by atoms with van der Waals surface area (Å²) in [5.74, 6) is 0. The van der Waals surface area contributed by atoms with Crippen molar-refractivity contribution >= 4 is 0 Å². The minimum Gasteiger partial charge on any atom is -0.381 e. The van der Waals surface area contributed by atoms with Gasteiger partial charge in [0.05, 0.1) is 17.8 Å². The molecule has 0 aliphatic heterocycles. The van der Waals surface area contributed by atoms with E-state index in [-0.39, 0.29) is 0 Å². The van der Waals surface area contributed by atoms with Crippen molar-refractivity contribution in [2.45, 2.75) is 70.7 Å². The Balaban J connectivity index is 1.80. The van der Waals surface area contributed by atoms with Crippen LogP contribution in [0.3, 0.4) is 0 Å². The molecule has 1 aromatic heterocycles. The number of nitrogens with one attached hydrogen (secondary N) is 1. The molecule has 1 aromatic rings. The zero-order valence-electron chi connectivity index (χ0n) is 12.4. The van der Waals surface area contributed by atoms with Crippen LogP contribution in [0.5, 0.6) is 0 Å². The van der Waals surface area contributed by atoms with Crippen molar-refractivity contribution in [3.05, 3.63) is 18.0 Å². The highest BCUT2D eigenvalue weighted by molar-refractivity contribution is 5.00. The monoisotopic (exact) mass is 265 g/mol. The summed E-state index contributed by atoms with van der Waals surface area (Å²) in [5, 5.41) is 8.27. The molecule has 0 radical (unpaired) electrons. The van der Waals surface area contributed by atoms with Crippen molar-refractivity contribution in [1.29, 1.82) is 0 Å². The van der Waals surface area contributed by atoms with Gasteiger partial charge in [-0.1, -0.05) is 13.8 Å². The summed E-state index contributed by atoms with van der Waals surface area (Å²) >= 11 is 0. The molecule has 0 amide bonds. The van der Waals surface area contributed by atoms with Crippen LogP contribution in [0.4, 0.5) is 0 Å². The number of hydrogen-bond acceptors (Lipinski definition) is 3. The third-order valence-corrected chi connectivity index (χ3v) is 4.27. The van der Waals surface area contributed by atoms with Gasteiger partial charge in [-0.25, -0.2) is 0 Å². The summed E-state index contributed by atoms with van der Waals surface area (Å²) in [7, 11) is 1.81. The smallest absolute Gasteiger partial charge is 0.0762 e. The summed E-state index contributed by atoms with van der Waals surface area (Å²) in [6, 6.07) is 3.26. The van der Waals surface area contributed by atoms with Crippen molar-refractivity contribution in [1.82, 2.24) is 15.1 Å². The molecule has 19 heavy (non-hydrogen) atoms. The molecule has 1 saturated carbocycles. The van der Waals surface area contributed by atoms with Crippen LogP contribution in [-0.2, 0) is 11.3 Å². The third-order valence-electron chi connectivity index (χ3n) is 4.27. The molecule has 1 heterocycles. The van der Waals surface area contributed by atoms with Gasteiger partial charge in [0.15, 0.2) is 0 Å². The van der Waals surface area contributed by atoms with Crippen LogP contribution < -0.4 is 5.32 Å². The van der Waals surface area contributed by atoms with E-state index in [1.54, 1.807) is 0 Å². The number of ether oxygens (including phenoxy) is 1. The van der Waals surface area contributed by atoms with E-state index in [0.717, 1.165) is 31.5 Å². The molecule has 1 N–H and O–H groups in total. The summed E-state index contributed by atoms with van der Waals surface area (Å²) in [4.78, 5) is 0. The molecule has 2 atom stereocenters. The number of hydrogen-bond donors (Lipinski definition) is 1. The van der Waals surface area contributed by atoms with E-state index in [2.05, 4.69) is 41.2 Å². The molecule has 1 aliphatic rings. The van der Waals surface area contributed by atoms with Gasteiger partial charge in [0.1, 0.15) is 0 Å². The third kappa shape index (κ3) is 3.80. The largest absolute Gasteiger partial charge is 0.381 e. The summed E-state index contributed by atoms with van der Waals surface area (Å²) in [6.45, 7) is 5.31. The van der Waals surface area contributed by atoms with E-state index in [1.165, 1.54) is 12.8 Å². The molecule has 2 unspecified atom stereocenters. The second-order valence-corrected chi connectivity index (χ2v) is 5.51. The Morgan fingerprint density at radius 2 is 2.21 bits per heavy atom. The first-order valence-corrected chi connectivity index (χ1v) is 7.57. The van der Waals surface area contributed by atoms with Gasteiger partial charge < -0.3 is 10.1 Å². The van der Waals surface area contributed by atoms with E-state index < -0.39 is 0 Å². The number of aromatic nitrogens is 2. The van der Waals surface area contributed by atoms with Gasteiger partial charge in [-0.3, -0.25) is 4.68 Å². The fraction of sp³-hybridized carbons (Fsp3) is 0.800. The Bertz CT molecular complexity index is 373. The SMILES string of the molecule is CCC(CC)n1ccc(CNC2CCC(OC)C2)n1. The predicted octanol–water partition coefficient (Wildman–Crippen LogP) is 2.90. The normalized spacial score (nSPS) is 23.4. The zero-order chi connectivity index (χ0) is 13.7. The van der Waals surface area contributed by atoms with Gasteiger partial charge in [-0.15, -0.1) is 0 Å². The summed E-state index contributed by atoms with van der Waals surface area (Å²) < 4.78 is 7.51. The molecule has 0 bridgehead atoms.